The second-order valence-electron chi connectivity index (χ2n) is 5.35. The van der Waals surface area contributed by atoms with E-state index in [1.165, 1.54) is 0 Å². The largest absolute Gasteiger partial charge is 0.480 e. The molecule has 1 aromatic carbocycles. The third-order valence-electron chi connectivity index (χ3n) is 3.90. The van der Waals surface area contributed by atoms with E-state index in [0.717, 1.165) is 25.0 Å². The summed E-state index contributed by atoms with van der Waals surface area (Å²) in [6.07, 6.45) is 3.85. The quantitative estimate of drug-likeness (QED) is 0.838. The van der Waals surface area contributed by atoms with E-state index in [2.05, 4.69) is 5.32 Å². The molecular weight excluding hydrogens is 278 g/mol. The van der Waals surface area contributed by atoms with Crippen LogP contribution in [0.25, 0.3) is 0 Å². The molecule has 0 heterocycles. The van der Waals surface area contributed by atoms with Gasteiger partial charge in [0, 0.05) is 0 Å². The number of carboxylic acid groups (broad SMARTS) is 1. The number of carboxylic acids is 1. The fourth-order valence-electron chi connectivity index (χ4n) is 2.72. The average molecular weight is 294 g/mol. The number of benzene rings is 1. The smallest absolute Gasteiger partial charge is 0.329 e. The Balaban J connectivity index is 2.38. The lowest BCUT2D eigenvalue weighted by Gasteiger charge is -2.30. The number of rotatable bonds is 3. The van der Waals surface area contributed by atoms with Gasteiger partial charge in [0.05, 0.1) is 11.6 Å². The van der Waals surface area contributed by atoms with Gasteiger partial charge in [0.1, 0.15) is 11.2 Å². The zero-order valence-corrected chi connectivity index (χ0v) is 11.5. The van der Waals surface area contributed by atoms with E-state index in [9.17, 15) is 18.7 Å². The first kappa shape index (κ1) is 15.2. The standard InChI is InChI=1S/C15H16F2N2O2/c16-11-7-10(9-18)8-12(17)13(11)19-15(14(20)21)5-3-1-2-4-6-15/h7-8,19H,1-6H2,(H,20,21). The van der Waals surface area contributed by atoms with Gasteiger partial charge in [0.15, 0.2) is 11.6 Å². The van der Waals surface area contributed by atoms with E-state index in [1.54, 1.807) is 6.07 Å². The van der Waals surface area contributed by atoms with E-state index in [0.29, 0.717) is 25.7 Å². The van der Waals surface area contributed by atoms with E-state index in [4.69, 9.17) is 5.26 Å². The molecule has 0 saturated heterocycles. The maximum atomic E-state index is 13.9. The van der Waals surface area contributed by atoms with Gasteiger partial charge in [0.2, 0.25) is 0 Å². The van der Waals surface area contributed by atoms with E-state index < -0.39 is 28.8 Å². The van der Waals surface area contributed by atoms with Crippen LogP contribution in [-0.2, 0) is 4.79 Å². The highest BCUT2D eigenvalue weighted by molar-refractivity contribution is 5.83. The molecule has 0 aliphatic heterocycles. The third-order valence-corrected chi connectivity index (χ3v) is 3.90. The highest BCUT2D eigenvalue weighted by atomic mass is 19.1. The second-order valence-corrected chi connectivity index (χ2v) is 5.35. The summed E-state index contributed by atoms with van der Waals surface area (Å²) in [4.78, 5) is 11.6. The Morgan fingerprint density at radius 2 is 1.71 bits per heavy atom. The molecule has 0 atom stereocenters. The molecule has 6 heteroatoms. The van der Waals surface area contributed by atoms with Crippen molar-refractivity contribution in [1.29, 1.82) is 5.26 Å². The van der Waals surface area contributed by atoms with Crippen LogP contribution < -0.4 is 5.32 Å². The van der Waals surface area contributed by atoms with Crippen molar-refractivity contribution in [3.63, 3.8) is 0 Å². The van der Waals surface area contributed by atoms with Gasteiger partial charge in [-0.3, -0.25) is 0 Å². The van der Waals surface area contributed by atoms with E-state index >= 15 is 0 Å². The fourth-order valence-corrected chi connectivity index (χ4v) is 2.72. The van der Waals surface area contributed by atoms with Crippen LogP contribution in [0.4, 0.5) is 14.5 Å². The molecule has 0 radical (unpaired) electrons. The van der Waals surface area contributed by atoms with Gasteiger partial charge in [0.25, 0.3) is 0 Å². The summed E-state index contributed by atoms with van der Waals surface area (Å²) in [7, 11) is 0. The molecule has 4 nitrogen and oxygen atoms in total. The normalized spacial score (nSPS) is 17.6. The van der Waals surface area contributed by atoms with Gasteiger partial charge in [-0.15, -0.1) is 0 Å². The summed E-state index contributed by atoms with van der Waals surface area (Å²) >= 11 is 0. The zero-order valence-electron chi connectivity index (χ0n) is 11.5. The summed E-state index contributed by atoms with van der Waals surface area (Å²) < 4.78 is 27.9. The second kappa shape index (κ2) is 6.08. The van der Waals surface area contributed by atoms with Crippen molar-refractivity contribution < 1.29 is 18.7 Å². The van der Waals surface area contributed by atoms with Gasteiger partial charge in [-0.1, -0.05) is 25.7 Å². The third kappa shape index (κ3) is 3.13. The van der Waals surface area contributed by atoms with Crippen LogP contribution in [0.5, 0.6) is 0 Å². The summed E-state index contributed by atoms with van der Waals surface area (Å²) in [6.45, 7) is 0. The minimum atomic E-state index is -1.35. The molecule has 1 fully saturated rings. The zero-order chi connectivity index (χ0) is 15.5. The SMILES string of the molecule is N#Cc1cc(F)c(NC2(C(=O)O)CCCCCC2)c(F)c1. The predicted molar refractivity (Wildman–Crippen MR) is 72.8 cm³/mol. The summed E-state index contributed by atoms with van der Waals surface area (Å²) in [5.74, 6) is -3.00. The number of carbonyl (C=O) groups is 1. The lowest BCUT2D eigenvalue weighted by Crippen LogP contribution is -2.46. The maximum absolute atomic E-state index is 13.9. The van der Waals surface area contributed by atoms with Crippen molar-refractivity contribution in [3.05, 3.63) is 29.3 Å². The molecule has 1 saturated carbocycles. The molecule has 2 N–H and O–H groups in total. The topological polar surface area (TPSA) is 73.1 Å². The average Bonchev–Trinajstić information content (AvgIpc) is 2.69. The van der Waals surface area contributed by atoms with Crippen molar-refractivity contribution in [2.24, 2.45) is 0 Å². The molecule has 2 rings (SSSR count). The lowest BCUT2D eigenvalue weighted by atomic mass is 9.89. The number of anilines is 1. The minimum absolute atomic E-state index is 0.138. The van der Waals surface area contributed by atoms with Crippen LogP contribution in [-0.4, -0.2) is 16.6 Å². The van der Waals surface area contributed by atoms with Crippen molar-refractivity contribution in [2.45, 2.75) is 44.1 Å². The summed E-state index contributed by atoms with van der Waals surface area (Å²) in [5.41, 5.74) is -1.97. The van der Waals surface area contributed by atoms with Gasteiger partial charge in [-0.2, -0.15) is 5.26 Å². The highest BCUT2D eigenvalue weighted by Crippen LogP contribution is 2.33. The van der Waals surface area contributed by atoms with Crippen LogP contribution in [0.15, 0.2) is 12.1 Å². The van der Waals surface area contributed by atoms with Gasteiger partial charge >= 0.3 is 5.97 Å². The van der Waals surface area contributed by atoms with E-state index in [1.807, 2.05) is 0 Å². The lowest BCUT2D eigenvalue weighted by molar-refractivity contribution is -0.142. The molecule has 0 aromatic heterocycles. The van der Waals surface area contributed by atoms with Gasteiger partial charge < -0.3 is 10.4 Å². The summed E-state index contributed by atoms with van der Waals surface area (Å²) in [5, 5.41) is 20.7. The Kier molecular flexibility index (Phi) is 4.41. The fraction of sp³-hybridized carbons (Fsp3) is 0.467. The van der Waals surface area contributed by atoms with Crippen molar-refractivity contribution in [3.8, 4) is 6.07 Å². The Morgan fingerprint density at radius 3 is 2.14 bits per heavy atom. The molecular formula is C15H16F2N2O2. The number of nitriles is 1. The molecule has 0 bridgehead atoms. The number of hydrogen-bond donors (Lipinski definition) is 2. The molecule has 112 valence electrons. The number of nitrogens with zero attached hydrogens (tertiary/aromatic N) is 1. The monoisotopic (exact) mass is 294 g/mol. The van der Waals surface area contributed by atoms with Crippen molar-refractivity contribution in [1.82, 2.24) is 0 Å². The first-order valence-corrected chi connectivity index (χ1v) is 6.89. The Bertz CT molecular complexity index is 565. The molecule has 1 aromatic rings. The molecule has 1 aliphatic carbocycles. The van der Waals surface area contributed by atoms with Crippen molar-refractivity contribution >= 4 is 11.7 Å². The van der Waals surface area contributed by atoms with Crippen LogP contribution >= 0.6 is 0 Å². The predicted octanol–water partition coefficient (Wildman–Crippen LogP) is 3.43. The Morgan fingerprint density at radius 1 is 1.19 bits per heavy atom. The molecule has 1 aliphatic rings. The van der Waals surface area contributed by atoms with Crippen LogP contribution in [0.2, 0.25) is 0 Å². The molecule has 0 amide bonds. The molecule has 0 spiro atoms. The van der Waals surface area contributed by atoms with Crippen molar-refractivity contribution in [2.75, 3.05) is 5.32 Å². The number of nitrogens with one attached hydrogen (secondary N) is 1. The minimum Gasteiger partial charge on any atom is -0.480 e. The molecule has 0 unspecified atom stereocenters. The first-order chi connectivity index (χ1) is 9.98. The van der Waals surface area contributed by atoms with Crippen LogP contribution in [0.3, 0.4) is 0 Å². The summed E-state index contributed by atoms with van der Waals surface area (Å²) in [6, 6.07) is 3.46. The maximum Gasteiger partial charge on any atom is 0.329 e. The first-order valence-electron chi connectivity index (χ1n) is 6.89. The number of hydrogen-bond acceptors (Lipinski definition) is 3. The number of aliphatic carboxylic acids is 1. The highest BCUT2D eigenvalue weighted by Gasteiger charge is 2.39. The number of halogens is 2. The van der Waals surface area contributed by atoms with E-state index in [-0.39, 0.29) is 5.56 Å². The Hall–Kier alpha value is -2.16. The Labute approximate surface area is 121 Å². The molecule has 21 heavy (non-hydrogen) atoms. The van der Waals surface area contributed by atoms with Gasteiger partial charge in [-0.05, 0) is 25.0 Å². The van der Waals surface area contributed by atoms with Crippen LogP contribution in [0.1, 0.15) is 44.1 Å². The van der Waals surface area contributed by atoms with Crippen LogP contribution in [0, 0.1) is 23.0 Å². The van der Waals surface area contributed by atoms with Gasteiger partial charge in [-0.25, -0.2) is 13.6 Å².